The zero-order valence-corrected chi connectivity index (χ0v) is 24.3. The number of nitrogens with zero attached hydrogens (tertiary/aromatic N) is 1. The van der Waals surface area contributed by atoms with Crippen LogP contribution >= 0.6 is 11.6 Å². The van der Waals surface area contributed by atoms with Crippen LogP contribution in [0.15, 0.2) is 42.5 Å². The van der Waals surface area contributed by atoms with Gasteiger partial charge in [0.15, 0.2) is 0 Å². The molecule has 4 rings (SSSR count). The van der Waals surface area contributed by atoms with Crippen LogP contribution in [0.5, 0.6) is 11.5 Å². The van der Waals surface area contributed by atoms with Gasteiger partial charge in [0.2, 0.25) is 5.91 Å². The topological polar surface area (TPSA) is 65.1 Å². The molecular formula is C31H40ClNO5. The Hall–Kier alpha value is -2.73. The molecule has 5 atom stereocenters. The smallest absolute Gasteiger partial charge is 0.417 e. The monoisotopic (exact) mass is 541 g/mol. The fourth-order valence-corrected chi connectivity index (χ4v) is 7.06. The van der Waals surface area contributed by atoms with Crippen molar-refractivity contribution in [2.24, 2.45) is 11.3 Å². The summed E-state index contributed by atoms with van der Waals surface area (Å²) in [6.45, 7) is 12.1. The van der Waals surface area contributed by atoms with E-state index >= 15 is 0 Å². The Labute approximate surface area is 231 Å². The van der Waals surface area contributed by atoms with E-state index in [2.05, 4.69) is 19.1 Å². The van der Waals surface area contributed by atoms with Crippen LogP contribution in [0.4, 0.5) is 4.79 Å². The standard InChI is InChI=1S/C31H40ClNO5/c1-8-31-17-16-24(23-15-14-22(36-7)18-25(23)32)26(20-10-12-21(13-11-20)37-9-2)27(31)19(3)33(28(31)34)29(35)38-30(4,5)6/h10-15,18-19,24,26-27H,8-9,16-17H2,1-7H3/t19-,24+,26+,27+,31-/m1/s1. The molecule has 0 N–H and O–H groups in total. The summed E-state index contributed by atoms with van der Waals surface area (Å²) < 4.78 is 16.8. The van der Waals surface area contributed by atoms with Gasteiger partial charge in [0.1, 0.15) is 17.1 Å². The Kier molecular flexibility index (Phi) is 8.04. The molecule has 0 aromatic heterocycles. The molecule has 1 aliphatic carbocycles. The third-order valence-corrected chi connectivity index (χ3v) is 8.66. The second-order valence-corrected chi connectivity index (χ2v) is 11.9. The number of amides is 2. The summed E-state index contributed by atoms with van der Waals surface area (Å²) in [6.07, 6.45) is 1.53. The van der Waals surface area contributed by atoms with Crippen LogP contribution in [-0.2, 0) is 9.53 Å². The van der Waals surface area contributed by atoms with E-state index in [0.717, 1.165) is 23.3 Å². The van der Waals surface area contributed by atoms with E-state index in [9.17, 15) is 9.59 Å². The summed E-state index contributed by atoms with van der Waals surface area (Å²) in [5, 5.41) is 0.648. The van der Waals surface area contributed by atoms with Crippen LogP contribution in [0.25, 0.3) is 0 Å². The number of benzene rings is 2. The molecule has 2 aliphatic rings. The van der Waals surface area contributed by atoms with Crippen molar-refractivity contribution in [3.05, 3.63) is 58.6 Å². The van der Waals surface area contributed by atoms with Gasteiger partial charge in [0, 0.05) is 17.0 Å². The van der Waals surface area contributed by atoms with E-state index in [-0.39, 0.29) is 29.7 Å². The summed E-state index contributed by atoms with van der Waals surface area (Å²) in [5.74, 6) is 1.29. The van der Waals surface area contributed by atoms with Crippen LogP contribution in [0.1, 0.15) is 83.8 Å². The van der Waals surface area contributed by atoms with E-state index in [0.29, 0.717) is 30.2 Å². The van der Waals surface area contributed by atoms with Crippen LogP contribution in [0.3, 0.4) is 0 Å². The molecule has 38 heavy (non-hydrogen) atoms. The molecule has 0 radical (unpaired) electrons. The molecular weight excluding hydrogens is 502 g/mol. The molecule has 0 spiro atoms. The first-order valence-electron chi connectivity index (χ1n) is 13.6. The van der Waals surface area contributed by atoms with Crippen molar-refractivity contribution in [2.45, 2.75) is 84.3 Å². The molecule has 0 unspecified atom stereocenters. The maximum Gasteiger partial charge on any atom is 0.417 e. The molecule has 6 nitrogen and oxygen atoms in total. The lowest BCUT2D eigenvalue weighted by molar-refractivity contribution is -0.138. The Morgan fingerprint density at radius 2 is 1.76 bits per heavy atom. The van der Waals surface area contributed by atoms with Gasteiger partial charge in [-0.1, -0.05) is 36.7 Å². The van der Waals surface area contributed by atoms with Crippen molar-refractivity contribution in [1.82, 2.24) is 4.90 Å². The van der Waals surface area contributed by atoms with Gasteiger partial charge in [-0.05, 0) is 101 Å². The van der Waals surface area contributed by atoms with Crippen molar-refractivity contribution >= 4 is 23.6 Å². The lowest BCUT2D eigenvalue weighted by Crippen LogP contribution is -2.44. The van der Waals surface area contributed by atoms with Gasteiger partial charge < -0.3 is 14.2 Å². The lowest BCUT2D eigenvalue weighted by Gasteiger charge is -2.47. The fraction of sp³-hybridized carbons (Fsp3) is 0.548. The van der Waals surface area contributed by atoms with Gasteiger partial charge in [-0.15, -0.1) is 0 Å². The highest BCUT2D eigenvalue weighted by Gasteiger charge is 2.64. The number of ether oxygens (including phenoxy) is 3. The molecule has 2 aromatic carbocycles. The number of methoxy groups -OCH3 is 1. The normalized spacial score (nSPS) is 27.2. The highest BCUT2D eigenvalue weighted by atomic mass is 35.5. The number of fused-ring (bicyclic) bond motifs is 1. The number of carbonyl (C=O) groups is 2. The zero-order chi connectivity index (χ0) is 27.8. The van der Waals surface area contributed by atoms with Crippen molar-refractivity contribution in [1.29, 1.82) is 0 Å². The van der Waals surface area contributed by atoms with E-state index in [4.69, 9.17) is 25.8 Å². The summed E-state index contributed by atoms with van der Waals surface area (Å²) in [6, 6.07) is 13.7. The minimum absolute atomic E-state index is 0.0448. The quantitative estimate of drug-likeness (QED) is 0.377. The highest BCUT2D eigenvalue weighted by Crippen LogP contribution is 2.62. The van der Waals surface area contributed by atoms with E-state index in [1.54, 1.807) is 7.11 Å². The van der Waals surface area contributed by atoms with E-state index in [1.807, 2.05) is 65.0 Å². The highest BCUT2D eigenvalue weighted by molar-refractivity contribution is 6.31. The van der Waals surface area contributed by atoms with Gasteiger partial charge >= 0.3 is 6.09 Å². The Morgan fingerprint density at radius 1 is 1.11 bits per heavy atom. The van der Waals surface area contributed by atoms with Gasteiger partial charge in [0.05, 0.1) is 19.1 Å². The predicted molar refractivity (Wildman–Crippen MR) is 149 cm³/mol. The molecule has 206 valence electrons. The SMILES string of the molecule is CCOc1ccc([C@@H]2[C@@H]3[C@@H](C)N(C(=O)OC(C)(C)C)C(=O)[C@]3(CC)CC[C@H]2c2ccc(OC)cc2Cl)cc1. The molecule has 2 aromatic rings. The molecule has 2 amide bonds. The maximum absolute atomic E-state index is 14.1. The maximum atomic E-state index is 14.1. The van der Waals surface area contributed by atoms with E-state index in [1.165, 1.54) is 4.90 Å². The van der Waals surface area contributed by atoms with Gasteiger partial charge in [-0.2, -0.15) is 0 Å². The summed E-state index contributed by atoms with van der Waals surface area (Å²) in [5.41, 5.74) is 0.789. The largest absolute Gasteiger partial charge is 0.497 e. The number of hydrogen-bond acceptors (Lipinski definition) is 5. The minimum Gasteiger partial charge on any atom is -0.497 e. The fourth-order valence-electron chi connectivity index (χ4n) is 6.75. The average molecular weight is 542 g/mol. The third kappa shape index (κ3) is 5.00. The molecule has 1 aliphatic heterocycles. The first-order valence-corrected chi connectivity index (χ1v) is 14.0. The number of halogens is 1. The summed E-state index contributed by atoms with van der Waals surface area (Å²) in [4.78, 5) is 28.8. The molecule has 7 heteroatoms. The number of carbonyl (C=O) groups excluding carboxylic acids is 2. The third-order valence-electron chi connectivity index (χ3n) is 8.34. The molecule has 2 fully saturated rings. The van der Waals surface area contributed by atoms with Crippen molar-refractivity contribution in [2.75, 3.05) is 13.7 Å². The first kappa shape index (κ1) is 28.3. The Bertz CT molecular complexity index is 1170. The van der Waals surface area contributed by atoms with E-state index < -0.39 is 17.1 Å². The number of likely N-dealkylation sites (tertiary alicyclic amines) is 1. The average Bonchev–Trinajstić information content (AvgIpc) is 3.10. The van der Waals surface area contributed by atoms with Gasteiger partial charge in [0.25, 0.3) is 0 Å². The van der Waals surface area contributed by atoms with Crippen molar-refractivity contribution < 1.29 is 23.8 Å². The van der Waals surface area contributed by atoms with Gasteiger partial charge in [-0.25, -0.2) is 9.69 Å². The molecule has 1 heterocycles. The Balaban J connectivity index is 1.85. The van der Waals surface area contributed by atoms with Crippen molar-refractivity contribution in [3.8, 4) is 11.5 Å². The first-order chi connectivity index (χ1) is 18.0. The second kappa shape index (κ2) is 10.8. The molecule has 1 saturated carbocycles. The molecule has 1 saturated heterocycles. The van der Waals surface area contributed by atoms with Crippen LogP contribution in [0, 0.1) is 11.3 Å². The number of imide groups is 1. The Morgan fingerprint density at radius 3 is 2.32 bits per heavy atom. The second-order valence-electron chi connectivity index (χ2n) is 11.5. The number of hydrogen-bond donors (Lipinski definition) is 0. The minimum atomic E-state index is -0.697. The number of rotatable bonds is 6. The summed E-state index contributed by atoms with van der Waals surface area (Å²) >= 11 is 6.84. The van der Waals surface area contributed by atoms with Crippen LogP contribution in [0.2, 0.25) is 5.02 Å². The van der Waals surface area contributed by atoms with Crippen molar-refractivity contribution in [3.63, 3.8) is 0 Å². The molecule has 0 bridgehead atoms. The van der Waals surface area contributed by atoms with Crippen LogP contribution in [-0.4, -0.2) is 42.3 Å². The van der Waals surface area contributed by atoms with Gasteiger partial charge in [-0.3, -0.25) is 4.79 Å². The lowest BCUT2D eigenvalue weighted by atomic mass is 9.54. The van der Waals surface area contributed by atoms with Crippen LogP contribution < -0.4 is 9.47 Å². The zero-order valence-electron chi connectivity index (χ0n) is 23.5. The predicted octanol–water partition coefficient (Wildman–Crippen LogP) is 7.59. The summed E-state index contributed by atoms with van der Waals surface area (Å²) in [7, 11) is 1.63.